The molecule has 4 aromatic rings. The van der Waals surface area contributed by atoms with Crippen molar-refractivity contribution in [3.63, 3.8) is 0 Å². The van der Waals surface area contributed by atoms with Gasteiger partial charge in [-0.2, -0.15) is 0 Å². The van der Waals surface area contributed by atoms with Gasteiger partial charge in [-0.1, -0.05) is 0 Å². The van der Waals surface area contributed by atoms with Crippen LogP contribution < -0.4 is 24.8 Å². The van der Waals surface area contributed by atoms with Gasteiger partial charge in [0.05, 0.1) is 0 Å². The molecule has 4 aromatic carbocycles. The second-order valence-electron chi connectivity index (χ2n) is 13.9. The summed E-state index contributed by atoms with van der Waals surface area (Å²) in [5.74, 6) is 0. The third-order valence-corrected chi connectivity index (χ3v) is 17.1. The van der Waals surface area contributed by atoms with E-state index in [1.165, 1.54) is 38.9 Å². The third kappa shape index (κ3) is 6.56. The summed E-state index contributed by atoms with van der Waals surface area (Å²) in [6.45, 7) is 16.3. The van der Waals surface area contributed by atoms with Crippen LogP contribution in [0.4, 0.5) is 0 Å². The number of aryl methyl sites for hydroxylation is 1. The molecule has 3 heteroatoms. The van der Waals surface area contributed by atoms with E-state index in [2.05, 4.69) is 158 Å². The van der Waals surface area contributed by atoms with Gasteiger partial charge in [-0.25, -0.2) is 0 Å². The van der Waals surface area contributed by atoms with Crippen molar-refractivity contribution in [1.29, 1.82) is 0 Å². The average molecular weight is 685 g/mol. The molecule has 2 aliphatic rings. The van der Waals surface area contributed by atoms with Gasteiger partial charge in [0.1, 0.15) is 0 Å². The molecule has 43 heavy (non-hydrogen) atoms. The van der Waals surface area contributed by atoms with E-state index in [0.717, 1.165) is 6.42 Å². The summed E-state index contributed by atoms with van der Waals surface area (Å²) in [6.07, 6.45) is 8.24. The maximum absolute atomic E-state index is 2.68. The van der Waals surface area contributed by atoms with Crippen LogP contribution in [0.1, 0.15) is 90.5 Å². The van der Waals surface area contributed by atoms with Gasteiger partial charge >= 0.3 is 256 Å². The zero-order valence-corrected chi connectivity index (χ0v) is 30.4. The number of benzene rings is 4. The molecule has 0 bridgehead atoms. The van der Waals surface area contributed by atoms with E-state index >= 15 is 0 Å². The topological polar surface area (TPSA) is 0 Å². The second kappa shape index (κ2) is 13.0. The number of fused-ring (bicyclic) bond motifs is 3. The standard InChI is InChI=1S/C21H25.C14H12.C5H5.2ClH.Zr/c1-20(2,3)16-7-9-18-14(12-16)11-15-13-17(21(4,5)6)8-10-19(15)18;1-12-7-9-14(10-8-12)11-13-5-3-2-4-6-13;1-2-4-5-3-1;;;/h7-13H,1-6H3;2-10H,1H3;1-3H,4H2;2*1H;/q;;;;;+2/p-2. The Morgan fingerprint density at radius 1 is 0.651 bits per heavy atom. The average Bonchev–Trinajstić information content (AvgIpc) is 3.58. The molecule has 0 heterocycles. The summed E-state index contributed by atoms with van der Waals surface area (Å²) in [5, 5.41) is 0. The quantitative estimate of drug-likeness (QED) is 0.299. The predicted octanol–water partition coefficient (Wildman–Crippen LogP) is 4.40. The van der Waals surface area contributed by atoms with Gasteiger partial charge in [0.2, 0.25) is 0 Å². The minimum absolute atomic E-state index is 0. The second-order valence-corrected chi connectivity index (χ2v) is 20.1. The molecule has 0 aliphatic heterocycles. The van der Waals surface area contributed by atoms with Crippen LogP contribution in [-0.4, -0.2) is 3.21 Å². The first-order valence-electron chi connectivity index (χ1n) is 15.0. The monoisotopic (exact) mass is 682 g/mol. The fourth-order valence-electron chi connectivity index (χ4n) is 6.45. The molecule has 0 fully saturated rings. The van der Waals surface area contributed by atoms with Crippen LogP contribution in [0.15, 0.2) is 113 Å². The van der Waals surface area contributed by atoms with Gasteiger partial charge in [0.25, 0.3) is 0 Å². The molecule has 0 saturated heterocycles. The predicted molar refractivity (Wildman–Crippen MR) is 174 cm³/mol. The van der Waals surface area contributed by atoms with Gasteiger partial charge in [-0.05, 0) is 0 Å². The van der Waals surface area contributed by atoms with Crippen molar-refractivity contribution in [3.8, 4) is 11.1 Å². The van der Waals surface area contributed by atoms with E-state index in [1.807, 2.05) is 0 Å². The Labute approximate surface area is 279 Å². The van der Waals surface area contributed by atoms with Crippen molar-refractivity contribution < 1.29 is 46.1 Å². The first kappa shape index (κ1) is 33.6. The zero-order chi connectivity index (χ0) is 28.9. The summed E-state index contributed by atoms with van der Waals surface area (Å²) in [4.78, 5) is 0. The third-order valence-electron chi connectivity index (χ3n) is 8.83. The van der Waals surface area contributed by atoms with Gasteiger partial charge in [-0.3, -0.25) is 0 Å². The molecule has 0 nitrogen and oxygen atoms in total. The smallest absolute Gasteiger partial charge is 1.00 e. The van der Waals surface area contributed by atoms with Crippen LogP contribution in [0.25, 0.3) is 11.1 Å². The molecule has 0 amide bonds. The van der Waals surface area contributed by atoms with Gasteiger partial charge < -0.3 is 24.8 Å². The number of hydrogen-bond acceptors (Lipinski definition) is 0. The van der Waals surface area contributed by atoms with Crippen LogP contribution in [0.3, 0.4) is 0 Å². The van der Waals surface area contributed by atoms with E-state index in [4.69, 9.17) is 0 Å². The summed E-state index contributed by atoms with van der Waals surface area (Å²) in [6, 6.07) is 35.4. The fourth-order valence-corrected chi connectivity index (χ4v) is 15.4. The number of hydrogen-bond donors (Lipinski definition) is 0. The Bertz CT molecular complexity index is 1650. The molecule has 220 valence electrons. The Balaban J connectivity index is 0.00000212. The molecule has 0 radical (unpaired) electrons. The molecule has 0 aromatic heterocycles. The Kier molecular flexibility index (Phi) is 10.1. The summed E-state index contributed by atoms with van der Waals surface area (Å²) < 4.78 is 3.74. The Morgan fingerprint density at radius 3 is 1.63 bits per heavy atom. The maximum atomic E-state index is 2.58. The Morgan fingerprint density at radius 2 is 1.16 bits per heavy atom. The van der Waals surface area contributed by atoms with Crippen LogP contribution in [0, 0.1) is 6.92 Å². The first-order chi connectivity index (χ1) is 19.5. The maximum Gasteiger partial charge on any atom is -1.00 e. The summed E-state index contributed by atoms with van der Waals surface area (Å²) in [5.41, 5.74) is 13.2. The van der Waals surface area contributed by atoms with Crippen LogP contribution >= 0.6 is 0 Å². The van der Waals surface area contributed by atoms with E-state index in [-0.39, 0.29) is 35.6 Å². The number of halogens is 2. The summed E-state index contributed by atoms with van der Waals surface area (Å²) >= 11 is -2.68. The molecule has 0 spiro atoms. The SMILES string of the molecule is Cc1ccc(/[C](c2ccccc2)=[Zr+2](\[C]2=CC=CC2)[CH]2c3cc(C(C)(C)C)ccc3-c3ccc(C(C)(C)C)cc32)cc1.[Cl-].[Cl-]. The van der Waals surface area contributed by atoms with Gasteiger partial charge in [0, 0.05) is 0 Å². The zero-order valence-electron chi connectivity index (χ0n) is 26.4. The first-order valence-corrected chi connectivity index (χ1v) is 18.9. The van der Waals surface area contributed by atoms with Crippen molar-refractivity contribution in [2.75, 3.05) is 0 Å². The largest absolute Gasteiger partial charge is 1.00 e. The minimum atomic E-state index is -2.68. The normalized spacial score (nSPS) is 14.3. The van der Waals surface area contributed by atoms with Crippen molar-refractivity contribution in [2.45, 2.75) is 69.3 Å². The van der Waals surface area contributed by atoms with Crippen LogP contribution in [0.2, 0.25) is 0 Å². The number of rotatable bonds is 4. The molecule has 6 rings (SSSR count). The van der Waals surface area contributed by atoms with Crippen molar-refractivity contribution in [3.05, 3.63) is 151 Å². The number of allylic oxidation sites excluding steroid dienone is 4. The molecular formula is C40H42Cl2Zr. The van der Waals surface area contributed by atoms with Crippen molar-refractivity contribution in [2.24, 2.45) is 0 Å². The van der Waals surface area contributed by atoms with E-state index in [0.29, 0.717) is 3.63 Å². The molecule has 0 unspecified atom stereocenters. The molecular weight excluding hydrogens is 643 g/mol. The Hall–Kier alpha value is -2.31. The van der Waals surface area contributed by atoms with Crippen molar-refractivity contribution >= 4 is 3.21 Å². The fraction of sp³-hybridized carbons (Fsp3) is 0.275. The van der Waals surface area contributed by atoms with Crippen LogP contribution in [-0.2, 0) is 32.1 Å². The minimum Gasteiger partial charge on any atom is -1.00 e. The molecule has 0 atom stereocenters. The molecule has 0 saturated carbocycles. The van der Waals surface area contributed by atoms with Crippen molar-refractivity contribution in [1.82, 2.24) is 0 Å². The summed E-state index contributed by atoms with van der Waals surface area (Å²) in [7, 11) is 0. The van der Waals surface area contributed by atoms with E-state index in [9.17, 15) is 0 Å². The van der Waals surface area contributed by atoms with Gasteiger partial charge in [0.15, 0.2) is 0 Å². The van der Waals surface area contributed by atoms with E-state index in [1.54, 1.807) is 17.6 Å². The van der Waals surface area contributed by atoms with E-state index < -0.39 is 21.3 Å². The van der Waals surface area contributed by atoms with Crippen LogP contribution in [0.5, 0.6) is 0 Å². The van der Waals surface area contributed by atoms with Gasteiger partial charge in [-0.15, -0.1) is 0 Å². The molecule has 0 N–H and O–H groups in total. The molecule has 2 aliphatic carbocycles.